The van der Waals surface area contributed by atoms with Gasteiger partial charge in [-0.05, 0) is 25.4 Å². The van der Waals surface area contributed by atoms with Gasteiger partial charge in [-0.25, -0.2) is 0 Å². The predicted octanol–water partition coefficient (Wildman–Crippen LogP) is 0.00200. The van der Waals surface area contributed by atoms with E-state index in [-0.39, 0.29) is 12.7 Å². The first kappa shape index (κ1) is 8.80. The van der Waals surface area contributed by atoms with Gasteiger partial charge < -0.3 is 10.4 Å². The minimum atomic E-state index is -0.817. The van der Waals surface area contributed by atoms with Crippen LogP contribution in [0.1, 0.15) is 0 Å². The quantitative estimate of drug-likeness (QED) is 0.623. The molecule has 66 valence electrons. The molecule has 2 N–H and O–H groups in total. The number of nitrogens with one attached hydrogen (secondary N) is 1. The molecule has 4 nitrogen and oxygen atoms in total. The standard InChI is InChI=1S/C8H12N2O2/c1-10(6-8(11)12)7-4-2-3-5-9-7/h2-5,7,9H,6H2,1H3,(H,11,12). The lowest BCUT2D eigenvalue weighted by atomic mass is 10.3. The summed E-state index contributed by atoms with van der Waals surface area (Å²) in [5.74, 6) is -0.817. The Kier molecular flexibility index (Phi) is 2.88. The molecule has 0 aliphatic carbocycles. The number of aliphatic carboxylic acids is 1. The highest BCUT2D eigenvalue weighted by Crippen LogP contribution is 1.98. The maximum atomic E-state index is 10.3. The monoisotopic (exact) mass is 168 g/mol. The molecule has 1 aliphatic heterocycles. The van der Waals surface area contributed by atoms with Gasteiger partial charge in [0.1, 0.15) is 0 Å². The summed E-state index contributed by atoms with van der Waals surface area (Å²) >= 11 is 0. The van der Waals surface area contributed by atoms with Gasteiger partial charge in [0.2, 0.25) is 0 Å². The Morgan fingerprint density at radius 1 is 1.67 bits per heavy atom. The molecule has 0 aromatic rings. The zero-order chi connectivity index (χ0) is 8.97. The number of allylic oxidation sites excluding steroid dienone is 2. The average molecular weight is 168 g/mol. The molecule has 0 aromatic carbocycles. The number of carbonyl (C=O) groups is 1. The van der Waals surface area contributed by atoms with E-state index in [9.17, 15) is 4.79 Å². The fourth-order valence-corrected chi connectivity index (χ4v) is 1.02. The summed E-state index contributed by atoms with van der Waals surface area (Å²) in [6.45, 7) is 0.0375. The first-order valence-corrected chi connectivity index (χ1v) is 3.71. The van der Waals surface area contributed by atoms with Crippen molar-refractivity contribution in [3.8, 4) is 0 Å². The average Bonchev–Trinajstić information content (AvgIpc) is 2.05. The summed E-state index contributed by atoms with van der Waals surface area (Å²) < 4.78 is 0. The van der Waals surface area contributed by atoms with Gasteiger partial charge in [0.15, 0.2) is 0 Å². The number of hydrogen-bond acceptors (Lipinski definition) is 3. The number of likely N-dealkylation sites (N-methyl/N-ethyl adjacent to an activating group) is 1. The van der Waals surface area contributed by atoms with E-state index in [0.29, 0.717) is 0 Å². The Bertz CT molecular complexity index is 223. The molecule has 0 radical (unpaired) electrons. The maximum absolute atomic E-state index is 10.3. The van der Waals surface area contributed by atoms with Gasteiger partial charge in [-0.2, -0.15) is 0 Å². The molecular weight excluding hydrogens is 156 g/mol. The number of hydrogen-bond donors (Lipinski definition) is 2. The van der Waals surface area contributed by atoms with Crippen molar-refractivity contribution in [3.05, 3.63) is 24.4 Å². The van der Waals surface area contributed by atoms with E-state index in [1.54, 1.807) is 18.1 Å². The van der Waals surface area contributed by atoms with Gasteiger partial charge in [0, 0.05) is 0 Å². The van der Waals surface area contributed by atoms with E-state index in [1.807, 2.05) is 18.2 Å². The second-order valence-electron chi connectivity index (χ2n) is 2.66. The van der Waals surface area contributed by atoms with E-state index < -0.39 is 5.97 Å². The van der Waals surface area contributed by atoms with E-state index in [1.165, 1.54) is 0 Å². The number of carboxylic acids is 1. The molecule has 0 amide bonds. The topological polar surface area (TPSA) is 52.6 Å². The minimum absolute atomic E-state index is 0.00824. The summed E-state index contributed by atoms with van der Waals surface area (Å²) in [5, 5.41) is 11.5. The highest BCUT2D eigenvalue weighted by Gasteiger charge is 2.12. The Balaban J connectivity index is 2.42. The molecule has 12 heavy (non-hydrogen) atoms. The highest BCUT2D eigenvalue weighted by molar-refractivity contribution is 5.69. The summed E-state index contributed by atoms with van der Waals surface area (Å²) in [7, 11) is 1.76. The van der Waals surface area contributed by atoms with Crippen molar-refractivity contribution >= 4 is 5.97 Å². The Labute approximate surface area is 71.2 Å². The molecule has 0 aromatic heterocycles. The fraction of sp³-hybridized carbons (Fsp3) is 0.375. The number of rotatable bonds is 3. The third-order valence-corrected chi connectivity index (χ3v) is 1.63. The highest BCUT2D eigenvalue weighted by atomic mass is 16.4. The molecule has 0 saturated carbocycles. The van der Waals surface area contributed by atoms with Crippen molar-refractivity contribution < 1.29 is 9.90 Å². The first-order valence-electron chi connectivity index (χ1n) is 3.71. The fourth-order valence-electron chi connectivity index (χ4n) is 1.02. The third kappa shape index (κ3) is 2.39. The second-order valence-corrected chi connectivity index (χ2v) is 2.66. The molecule has 4 heteroatoms. The number of dihydropyridines is 1. The smallest absolute Gasteiger partial charge is 0.317 e. The lowest BCUT2D eigenvalue weighted by molar-refractivity contribution is -0.138. The zero-order valence-corrected chi connectivity index (χ0v) is 6.90. The number of carboxylic acid groups (broad SMARTS) is 1. The summed E-state index contributed by atoms with van der Waals surface area (Å²) in [5.41, 5.74) is 0. The molecule has 0 bridgehead atoms. The van der Waals surface area contributed by atoms with Crippen LogP contribution in [0, 0.1) is 0 Å². The van der Waals surface area contributed by atoms with Crippen molar-refractivity contribution in [1.82, 2.24) is 10.2 Å². The van der Waals surface area contributed by atoms with Gasteiger partial charge in [0.05, 0.1) is 12.7 Å². The van der Waals surface area contributed by atoms with Crippen LogP contribution < -0.4 is 5.32 Å². The Morgan fingerprint density at radius 2 is 2.42 bits per heavy atom. The Hall–Kier alpha value is -1.29. The molecule has 1 rings (SSSR count). The van der Waals surface area contributed by atoms with Gasteiger partial charge in [-0.3, -0.25) is 9.69 Å². The van der Waals surface area contributed by atoms with Gasteiger partial charge in [0.25, 0.3) is 0 Å². The van der Waals surface area contributed by atoms with E-state index in [0.717, 1.165) is 0 Å². The van der Waals surface area contributed by atoms with Gasteiger partial charge in [-0.15, -0.1) is 0 Å². The third-order valence-electron chi connectivity index (χ3n) is 1.63. The van der Waals surface area contributed by atoms with E-state index in [4.69, 9.17) is 5.11 Å². The van der Waals surface area contributed by atoms with E-state index >= 15 is 0 Å². The van der Waals surface area contributed by atoms with Crippen LogP contribution in [0.15, 0.2) is 24.4 Å². The van der Waals surface area contributed by atoms with E-state index in [2.05, 4.69) is 5.32 Å². The maximum Gasteiger partial charge on any atom is 0.317 e. The Morgan fingerprint density at radius 3 is 2.92 bits per heavy atom. The molecular formula is C8H12N2O2. The SMILES string of the molecule is CN(CC(=O)O)C1C=CC=CN1. The number of nitrogens with zero attached hydrogens (tertiary/aromatic N) is 1. The zero-order valence-electron chi connectivity index (χ0n) is 6.90. The predicted molar refractivity (Wildman–Crippen MR) is 45.5 cm³/mol. The molecule has 0 fully saturated rings. The van der Waals surface area contributed by atoms with Crippen LogP contribution >= 0.6 is 0 Å². The summed E-state index contributed by atoms with van der Waals surface area (Å²) in [6.07, 6.45) is 7.45. The van der Waals surface area contributed by atoms with Crippen LogP contribution in [0.5, 0.6) is 0 Å². The minimum Gasteiger partial charge on any atom is -0.480 e. The molecule has 1 unspecified atom stereocenters. The molecule has 1 aliphatic rings. The summed E-state index contributed by atoms with van der Waals surface area (Å²) in [6, 6.07) is 0. The molecule has 1 heterocycles. The summed E-state index contributed by atoms with van der Waals surface area (Å²) in [4.78, 5) is 12.1. The molecule has 0 saturated heterocycles. The second kappa shape index (κ2) is 3.92. The van der Waals surface area contributed by atoms with Crippen LogP contribution in [-0.2, 0) is 4.79 Å². The van der Waals surface area contributed by atoms with Crippen LogP contribution in [0.2, 0.25) is 0 Å². The van der Waals surface area contributed by atoms with Crippen molar-refractivity contribution in [3.63, 3.8) is 0 Å². The molecule has 1 atom stereocenters. The van der Waals surface area contributed by atoms with Crippen molar-refractivity contribution in [2.24, 2.45) is 0 Å². The normalized spacial score (nSPS) is 21.0. The lowest BCUT2D eigenvalue weighted by Gasteiger charge is -2.25. The lowest BCUT2D eigenvalue weighted by Crippen LogP contribution is -2.42. The van der Waals surface area contributed by atoms with Gasteiger partial charge >= 0.3 is 5.97 Å². The van der Waals surface area contributed by atoms with Crippen LogP contribution in [0.25, 0.3) is 0 Å². The van der Waals surface area contributed by atoms with Crippen LogP contribution in [0.4, 0.5) is 0 Å². The van der Waals surface area contributed by atoms with Crippen molar-refractivity contribution in [2.75, 3.05) is 13.6 Å². The van der Waals surface area contributed by atoms with Crippen molar-refractivity contribution in [2.45, 2.75) is 6.17 Å². The first-order chi connectivity index (χ1) is 5.70. The van der Waals surface area contributed by atoms with Crippen LogP contribution in [0.3, 0.4) is 0 Å². The van der Waals surface area contributed by atoms with Crippen molar-refractivity contribution in [1.29, 1.82) is 0 Å². The molecule has 0 spiro atoms. The largest absolute Gasteiger partial charge is 0.480 e. The van der Waals surface area contributed by atoms with Crippen LogP contribution in [-0.4, -0.2) is 35.7 Å². The van der Waals surface area contributed by atoms with Gasteiger partial charge in [-0.1, -0.05) is 6.08 Å².